The predicted octanol–water partition coefficient (Wildman–Crippen LogP) is 5.28. The molecule has 1 fully saturated rings. The molecule has 2 rings (SSSR count). The molecule has 0 unspecified atom stereocenters. The minimum absolute atomic E-state index is 0.545. The maximum absolute atomic E-state index is 6.14. The molecule has 21 heavy (non-hydrogen) atoms. The van der Waals surface area contributed by atoms with E-state index in [0.717, 1.165) is 34.9 Å². The Morgan fingerprint density at radius 2 is 2.10 bits per heavy atom. The Morgan fingerprint density at radius 3 is 2.71 bits per heavy atom. The summed E-state index contributed by atoms with van der Waals surface area (Å²) >= 11 is 11.4. The summed E-state index contributed by atoms with van der Waals surface area (Å²) < 4.78 is 7.01. The maximum atomic E-state index is 6.14. The molecular formula is C16H25BrClNOS. The predicted molar refractivity (Wildman–Crippen MR) is 95.6 cm³/mol. The number of hydrogen-bond donors (Lipinski definition) is 1. The van der Waals surface area contributed by atoms with Crippen molar-refractivity contribution in [1.82, 2.24) is 5.32 Å². The van der Waals surface area contributed by atoms with Crippen LogP contribution in [-0.4, -0.2) is 26.8 Å². The number of ether oxygens (including phenoxy) is 1. The van der Waals surface area contributed by atoms with Crippen LogP contribution in [0.5, 0.6) is 0 Å². The molecular weight excluding hydrogens is 370 g/mol. The molecule has 0 spiro atoms. The molecule has 1 aromatic rings. The molecule has 1 N–H and O–H groups in total. The zero-order chi connectivity index (χ0) is 15.1. The fourth-order valence-electron chi connectivity index (χ4n) is 3.31. The van der Waals surface area contributed by atoms with Crippen LogP contribution in [0.2, 0.25) is 4.34 Å². The van der Waals surface area contributed by atoms with Crippen molar-refractivity contribution in [1.29, 1.82) is 0 Å². The van der Waals surface area contributed by atoms with Crippen LogP contribution in [0.25, 0.3) is 0 Å². The molecule has 5 heteroatoms. The van der Waals surface area contributed by atoms with Crippen LogP contribution < -0.4 is 5.32 Å². The van der Waals surface area contributed by atoms with Crippen LogP contribution in [0.1, 0.15) is 43.4 Å². The average molecular weight is 395 g/mol. The van der Waals surface area contributed by atoms with E-state index in [1.54, 1.807) is 18.4 Å². The summed E-state index contributed by atoms with van der Waals surface area (Å²) in [5.41, 5.74) is 0.545. The van der Waals surface area contributed by atoms with E-state index < -0.39 is 0 Å². The van der Waals surface area contributed by atoms with Crippen LogP contribution in [-0.2, 0) is 11.2 Å². The lowest BCUT2D eigenvalue weighted by atomic mass is 9.78. The normalized spacial score (nSPS) is 17.5. The largest absolute Gasteiger partial charge is 0.383 e. The van der Waals surface area contributed by atoms with E-state index in [2.05, 4.69) is 27.3 Å². The summed E-state index contributed by atoms with van der Waals surface area (Å²) in [6.07, 6.45) is 9.31. The second-order valence-corrected chi connectivity index (χ2v) is 8.63. The Hall–Kier alpha value is 0.390. The lowest BCUT2D eigenvalue weighted by molar-refractivity contribution is 0.194. The van der Waals surface area contributed by atoms with Gasteiger partial charge in [-0.3, -0.25) is 0 Å². The summed E-state index contributed by atoms with van der Waals surface area (Å²) in [7, 11) is 1.75. The topological polar surface area (TPSA) is 21.3 Å². The highest BCUT2D eigenvalue weighted by Gasteiger charge is 2.32. The first-order chi connectivity index (χ1) is 10.2. The Balaban J connectivity index is 1.80. The first-order valence-corrected chi connectivity index (χ1v) is 9.77. The standard InChI is InChI=1S/C16H25BrClNOS/c1-20-11-10-19-9-8-16(5-2-3-6-16)7-4-13-12-14(17)15(18)21-13/h12,19H,2-11H2,1H3. The van der Waals surface area contributed by atoms with Gasteiger partial charge in [-0.1, -0.05) is 24.4 Å². The summed E-state index contributed by atoms with van der Waals surface area (Å²) in [6.45, 7) is 2.87. The molecule has 0 amide bonds. The molecule has 1 aliphatic rings. The molecule has 1 heterocycles. The lowest BCUT2D eigenvalue weighted by Gasteiger charge is -2.29. The van der Waals surface area contributed by atoms with Gasteiger partial charge in [0.2, 0.25) is 0 Å². The highest BCUT2D eigenvalue weighted by Crippen LogP contribution is 2.45. The second-order valence-electron chi connectivity index (χ2n) is 6.03. The molecule has 1 aliphatic carbocycles. The first kappa shape index (κ1) is 17.7. The van der Waals surface area contributed by atoms with Gasteiger partial charge in [-0.25, -0.2) is 0 Å². The van der Waals surface area contributed by atoms with Gasteiger partial charge >= 0.3 is 0 Å². The van der Waals surface area contributed by atoms with Crippen molar-refractivity contribution < 1.29 is 4.74 Å². The van der Waals surface area contributed by atoms with Crippen molar-refractivity contribution >= 4 is 38.9 Å². The van der Waals surface area contributed by atoms with Crippen molar-refractivity contribution in [2.24, 2.45) is 5.41 Å². The third-order valence-corrected chi connectivity index (χ3v) is 7.11. The summed E-state index contributed by atoms with van der Waals surface area (Å²) in [5, 5.41) is 3.50. The van der Waals surface area contributed by atoms with Crippen molar-refractivity contribution in [2.45, 2.75) is 44.9 Å². The summed E-state index contributed by atoms with van der Waals surface area (Å²) in [4.78, 5) is 1.41. The van der Waals surface area contributed by atoms with Gasteiger partial charge in [-0.2, -0.15) is 0 Å². The number of rotatable bonds is 9. The van der Waals surface area contributed by atoms with Gasteiger partial charge in [0, 0.05) is 23.0 Å². The van der Waals surface area contributed by atoms with E-state index in [1.165, 1.54) is 43.4 Å². The summed E-state index contributed by atoms with van der Waals surface area (Å²) in [6, 6.07) is 2.19. The third kappa shape index (κ3) is 5.51. The highest BCUT2D eigenvalue weighted by atomic mass is 79.9. The van der Waals surface area contributed by atoms with Crippen LogP contribution in [0.4, 0.5) is 0 Å². The molecule has 0 saturated heterocycles. The van der Waals surface area contributed by atoms with E-state index in [4.69, 9.17) is 16.3 Å². The minimum Gasteiger partial charge on any atom is -0.383 e. The zero-order valence-corrected chi connectivity index (χ0v) is 15.9. The summed E-state index contributed by atoms with van der Waals surface area (Å²) in [5.74, 6) is 0. The molecule has 1 saturated carbocycles. The van der Waals surface area contributed by atoms with Gasteiger partial charge in [0.1, 0.15) is 4.34 Å². The Labute approximate surface area is 145 Å². The highest BCUT2D eigenvalue weighted by molar-refractivity contribution is 9.10. The molecule has 120 valence electrons. The Morgan fingerprint density at radius 1 is 1.33 bits per heavy atom. The monoisotopic (exact) mass is 393 g/mol. The van der Waals surface area contributed by atoms with Gasteiger partial charge in [0.25, 0.3) is 0 Å². The van der Waals surface area contributed by atoms with Gasteiger partial charge in [0.05, 0.1) is 6.61 Å². The fraction of sp³-hybridized carbons (Fsp3) is 0.750. The van der Waals surface area contributed by atoms with Crippen LogP contribution >= 0.6 is 38.9 Å². The van der Waals surface area contributed by atoms with Crippen LogP contribution in [0, 0.1) is 5.41 Å². The van der Waals surface area contributed by atoms with Gasteiger partial charge < -0.3 is 10.1 Å². The quantitative estimate of drug-likeness (QED) is 0.575. The van der Waals surface area contributed by atoms with Crippen LogP contribution in [0.15, 0.2) is 10.5 Å². The number of thiophene rings is 1. The van der Waals surface area contributed by atoms with E-state index in [-0.39, 0.29) is 0 Å². The van der Waals surface area contributed by atoms with Crippen molar-refractivity contribution in [3.63, 3.8) is 0 Å². The van der Waals surface area contributed by atoms with Gasteiger partial charge in [-0.05, 0) is 66.1 Å². The Kier molecular flexibility index (Phi) is 7.50. The first-order valence-electron chi connectivity index (χ1n) is 7.79. The van der Waals surface area contributed by atoms with Gasteiger partial charge in [-0.15, -0.1) is 11.3 Å². The van der Waals surface area contributed by atoms with E-state index in [0.29, 0.717) is 5.41 Å². The van der Waals surface area contributed by atoms with Crippen molar-refractivity contribution in [3.05, 3.63) is 19.8 Å². The van der Waals surface area contributed by atoms with Crippen LogP contribution in [0.3, 0.4) is 0 Å². The number of halogens is 2. The number of aryl methyl sites for hydroxylation is 1. The van der Waals surface area contributed by atoms with E-state index in [1.807, 2.05) is 0 Å². The van der Waals surface area contributed by atoms with Gasteiger partial charge in [0.15, 0.2) is 0 Å². The smallest absolute Gasteiger partial charge is 0.107 e. The molecule has 0 bridgehead atoms. The third-order valence-electron chi connectivity index (χ3n) is 4.58. The maximum Gasteiger partial charge on any atom is 0.107 e. The minimum atomic E-state index is 0.545. The van der Waals surface area contributed by atoms with E-state index in [9.17, 15) is 0 Å². The van der Waals surface area contributed by atoms with E-state index >= 15 is 0 Å². The molecule has 0 radical (unpaired) electrons. The number of methoxy groups -OCH3 is 1. The molecule has 1 aromatic heterocycles. The lowest BCUT2D eigenvalue weighted by Crippen LogP contribution is -2.27. The molecule has 0 atom stereocenters. The number of nitrogens with one attached hydrogen (secondary N) is 1. The molecule has 0 aromatic carbocycles. The SMILES string of the molecule is COCCNCCC1(CCc2cc(Br)c(Cl)s2)CCCC1. The van der Waals surface area contributed by atoms with Crippen molar-refractivity contribution in [3.8, 4) is 0 Å². The average Bonchev–Trinajstić information content (AvgIpc) is 3.05. The Bertz CT molecular complexity index is 412. The number of hydrogen-bond acceptors (Lipinski definition) is 3. The van der Waals surface area contributed by atoms with Crippen molar-refractivity contribution in [2.75, 3.05) is 26.8 Å². The second kappa shape index (κ2) is 8.88. The molecule has 0 aliphatic heterocycles. The fourth-order valence-corrected chi connectivity index (χ4v) is 5.10. The molecule has 2 nitrogen and oxygen atoms in total. The zero-order valence-electron chi connectivity index (χ0n) is 12.7.